The van der Waals surface area contributed by atoms with Crippen LogP contribution >= 0.6 is 0 Å². The minimum absolute atomic E-state index is 0.296. The van der Waals surface area contributed by atoms with Crippen molar-refractivity contribution in [2.24, 2.45) is 0 Å². The molecule has 0 spiro atoms. The Balaban J connectivity index is 2.39. The summed E-state index contributed by atoms with van der Waals surface area (Å²) in [6.45, 7) is 10.6. The van der Waals surface area contributed by atoms with Crippen LogP contribution in [0.5, 0.6) is 0 Å². The molecule has 0 aromatic heterocycles. The standard InChI is InChI=1S/C17H27N3O3/c1-6-20(16(22)23-17(3,4)5)11-10-18-15(21)19-14-9-7-8-13(2)12-14/h7-9,12H,6,10-11H2,1-5H3,(H2,18,19,21). The van der Waals surface area contributed by atoms with Gasteiger partial charge in [-0.25, -0.2) is 9.59 Å². The average molecular weight is 321 g/mol. The Kier molecular flexibility index (Phi) is 6.88. The summed E-state index contributed by atoms with van der Waals surface area (Å²) in [4.78, 5) is 25.4. The lowest BCUT2D eigenvalue weighted by Gasteiger charge is -2.26. The third-order valence-corrected chi connectivity index (χ3v) is 2.98. The van der Waals surface area contributed by atoms with E-state index in [1.54, 1.807) is 4.90 Å². The van der Waals surface area contributed by atoms with E-state index in [1.165, 1.54) is 0 Å². The molecule has 0 fully saturated rings. The van der Waals surface area contributed by atoms with Crippen LogP contribution in [0.15, 0.2) is 24.3 Å². The number of nitrogens with one attached hydrogen (secondary N) is 2. The van der Waals surface area contributed by atoms with E-state index in [0.717, 1.165) is 11.3 Å². The number of anilines is 1. The van der Waals surface area contributed by atoms with Gasteiger partial charge in [-0.05, 0) is 52.3 Å². The van der Waals surface area contributed by atoms with Crippen molar-refractivity contribution in [1.29, 1.82) is 0 Å². The van der Waals surface area contributed by atoms with Crippen LogP contribution in [0.1, 0.15) is 33.3 Å². The van der Waals surface area contributed by atoms with E-state index in [9.17, 15) is 9.59 Å². The first-order valence-electron chi connectivity index (χ1n) is 7.80. The highest BCUT2D eigenvalue weighted by Gasteiger charge is 2.20. The molecule has 0 heterocycles. The maximum atomic E-state index is 12.0. The lowest BCUT2D eigenvalue weighted by atomic mass is 10.2. The fraction of sp³-hybridized carbons (Fsp3) is 0.529. The van der Waals surface area contributed by atoms with Gasteiger partial charge in [-0.3, -0.25) is 0 Å². The average Bonchev–Trinajstić information content (AvgIpc) is 2.41. The Morgan fingerprint density at radius 1 is 1.26 bits per heavy atom. The minimum atomic E-state index is -0.527. The molecule has 3 amide bonds. The number of benzene rings is 1. The zero-order valence-corrected chi connectivity index (χ0v) is 14.6. The number of likely N-dealkylation sites (N-methyl/N-ethyl adjacent to an activating group) is 1. The summed E-state index contributed by atoms with van der Waals surface area (Å²) in [5.41, 5.74) is 1.28. The molecule has 0 aliphatic heterocycles. The Labute approximate surface area is 138 Å². The van der Waals surface area contributed by atoms with Gasteiger partial charge in [0, 0.05) is 25.3 Å². The van der Waals surface area contributed by atoms with E-state index in [2.05, 4.69) is 10.6 Å². The van der Waals surface area contributed by atoms with Crippen LogP contribution in [0.3, 0.4) is 0 Å². The molecular formula is C17H27N3O3. The molecule has 23 heavy (non-hydrogen) atoms. The van der Waals surface area contributed by atoms with Crippen molar-refractivity contribution in [2.45, 2.75) is 40.2 Å². The van der Waals surface area contributed by atoms with Gasteiger partial charge in [0.25, 0.3) is 0 Å². The Bertz CT molecular complexity index is 538. The largest absolute Gasteiger partial charge is 0.444 e. The molecule has 0 saturated heterocycles. The molecule has 0 bridgehead atoms. The first-order valence-corrected chi connectivity index (χ1v) is 7.80. The molecule has 1 aromatic carbocycles. The predicted octanol–water partition coefficient (Wildman–Crippen LogP) is 3.37. The minimum Gasteiger partial charge on any atom is -0.444 e. The molecule has 128 valence electrons. The smallest absolute Gasteiger partial charge is 0.410 e. The van der Waals surface area contributed by atoms with Crippen molar-refractivity contribution in [2.75, 3.05) is 25.0 Å². The van der Waals surface area contributed by atoms with Crippen molar-refractivity contribution in [3.63, 3.8) is 0 Å². The highest BCUT2D eigenvalue weighted by atomic mass is 16.6. The summed E-state index contributed by atoms with van der Waals surface area (Å²) >= 11 is 0. The van der Waals surface area contributed by atoms with Crippen LogP contribution in [-0.2, 0) is 4.74 Å². The highest BCUT2D eigenvalue weighted by Crippen LogP contribution is 2.10. The number of ether oxygens (including phenoxy) is 1. The summed E-state index contributed by atoms with van der Waals surface area (Å²) in [6.07, 6.45) is -0.374. The summed E-state index contributed by atoms with van der Waals surface area (Å²) in [5, 5.41) is 5.49. The zero-order chi connectivity index (χ0) is 17.5. The third-order valence-electron chi connectivity index (χ3n) is 2.98. The van der Waals surface area contributed by atoms with E-state index in [1.807, 2.05) is 58.9 Å². The fourth-order valence-electron chi connectivity index (χ4n) is 1.91. The summed E-state index contributed by atoms with van der Waals surface area (Å²) in [7, 11) is 0. The van der Waals surface area contributed by atoms with Crippen LogP contribution in [0.4, 0.5) is 15.3 Å². The molecule has 0 aliphatic rings. The SMILES string of the molecule is CCN(CCNC(=O)Nc1cccc(C)c1)C(=O)OC(C)(C)C. The number of urea groups is 1. The van der Waals surface area contributed by atoms with E-state index >= 15 is 0 Å². The van der Waals surface area contributed by atoms with Gasteiger partial charge in [-0.2, -0.15) is 0 Å². The summed E-state index contributed by atoms with van der Waals surface area (Å²) in [5.74, 6) is 0. The van der Waals surface area contributed by atoms with Crippen molar-refractivity contribution >= 4 is 17.8 Å². The number of aryl methyl sites for hydroxylation is 1. The second-order valence-corrected chi connectivity index (χ2v) is 6.31. The van der Waals surface area contributed by atoms with Gasteiger partial charge in [0.1, 0.15) is 5.60 Å². The lowest BCUT2D eigenvalue weighted by Crippen LogP contribution is -2.42. The Morgan fingerprint density at radius 2 is 1.96 bits per heavy atom. The maximum Gasteiger partial charge on any atom is 0.410 e. The van der Waals surface area contributed by atoms with E-state index in [-0.39, 0.29) is 12.1 Å². The second-order valence-electron chi connectivity index (χ2n) is 6.31. The number of carbonyl (C=O) groups excluding carboxylic acids is 2. The predicted molar refractivity (Wildman–Crippen MR) is 91.7 cm³/mol. The normalized spacial score (nSPS) is 10.8. The summed E-state index contributed by atoms with van der Waals surface area (Å²) in [6, 6.07) is 7.26. The monoisotopic (exact) mass is 321 g/mol. The molecule has 1 aromatic rings. The molecule has 0 saturated carbocycles. The Morgan fingerprint density at radius 3 is 2.52 bits per heavy atom. The van der Waals surface area contributed by atoms with Gasteiger partial charge in [0.15, 0.2) is 0 Å². The van der Waals surface area contributed by atoms with E-state index in [0.29, 0.717) is 19.6 Å². The van der Waals surface area contributed by atoms with Crippen LogP contribution in [0, 0.1) is 6.92 Å². The van der Waals surface area contributed by atoms with Crippen LogP contribution in [0.25, 0.3) is 0 Å². The fourth-order valence-corrected chi connectivity index (χ4v) is 1.91. The van der Waals surface area contributed by atoms with E-state index < -0.39 is 5.60 Å². The molecule has 6 nitrogen and oxygen atoms in total. The second kappa shape index (κ2) is 8.41. The maximum absolute atomic E-state index is 12.0. The number of amides is 3. The first kappa shape index (κ1) is 18.8. The topological polar surface area (TPSA) is 70.7 Å². The summed E-state index contributed by atoms with van der Waals surface area (Å²) < 4.78 is 5.32. The quantitative estimate of drug-likeness (QED) is 0.873. The van der Waals surface area contributed by atoms with Crippen LogP contribution in [0.2, 0.25) is 0 Å². The van der Waals surface area contributed by atoms with Crippen molar-refractivity contribution in [1.82, 2.24) is 10.2 Å². The van der Waals surface area contributed by atoms with Crippen molar-refractivity contribution < 1.29 is 14.3 Å². The number of hydrogen-bond acceptors (Lipinski definition) is 3. The van der Waals surface area contributed by atoms with Gasteiger partial charge in [0.05, 0.1) is 0 Å². The highest BCUT2D eigenvalue weighted by molar-refractivity contribution is 5.89. The molecule has 1 rings (SSSR count). The molecule has 0 unspecified atom stereocenters. The van der Waals surface area contributed by atoms with Gasteiger partial charge in [0.2, 0.25) is 0 Å². The third kappa shape index (κ3) is 7.54. The van der Waals surface area contributed by atoms with Gasteiger partial charge < -0.3 is 20.3 Å². The molecule has 6 heteroatoms. The van der Waals surface area contributed by atoms with Crippen molar-refractivity contribution in [3.8, 4) is 0 Å². The van der Waals surface area contributed by atoms with Crippen LogP contribution in [-0.4, -0.2) is 42.3 Å². The number of hydrogen-bond donors (Lipinski definition) is 2. The van der Waals surface area contributed by atoms with E-state index in [4.69, 9.17) is 4.74 Å². The van der Waals surface area contributed by atoms with Crippen LogP contribution < -0.4 is 10.6 Å². The number of rotatable bonds is 5. The van der Waals surface area contributed by atoms with Gasteiger partial charge in [-0.15, -0.1) is 0 Å². The molecular weight excluding hydrogens is 294 g/mol. The van der Waals surface area contributed by atoms with Crippen molar-refractivity contribution in [3.05, 3.63) is 29.8 Å². The molecule has 0 radical (unpaired) electrons. The Hall–Kier alpha value is -2.24. The van der Waals surface area contributed by atoms with Gasteiger partial charge in [-0.1, -0.05) is 12.1 Å². The molecule has 0 atom stereocenters. The number of carbonyl (C=O) groups is 2. The lowest BCUT2D eigenvalue weighted by molar-refractivity contribution is 0.0263. The first-order chi connectivity index (χ1) is 10.7. The number of nitrogens with zero attached hydrogens (tertiary/aromatic N) is 1. The van der Waals surface area contributed by atoms with Gasteiger partial charge >= 0.3 is 12.1 Å². The molecule has 2 N–H and O–H groups in total. The molecule has 0 aliphatic carbocycles. The zero-order valence-electron chi connectivity index (χ0n) is 14.6.